The lowest BCUT2D eigenvalue weighted by Gasteiger charge is -2.15. The molecule has 0 aliphatic rings. The number of benzene rings is 1. The first-order valence-electron chi connectivity index (χ1n) is 8.02. The summed E-state index contributed by atoms with van der Waals surface area (Å²) >= 11 is 0. The highest BCUT2D eigenvalue weighted by Crippen LogP contribution is 2.21. The third-order valence-corrected chi connectivity index (χ3v) is 4.88. The molecule has 9 heteroatoms. The van der Waals surface area contributed by atoms with E-state index in [1.165, 1.54) is 19.2 Å². The lowest BCUT2D eigenvalue weighted by molar-refractivity contribution is 0.0697. The molecule has 0 fully saturated rings. The summed E-state index contributed by atoms with van der Waals surface area (Å²) in [6.07, 6.45) is 0.711. The lowest BCUT2D eigenvalue weighted by Crippen LogP contribution is -2.35. The average Bonchev–Trinajstić information content (AvgIpc) is 2.54. The van der Waals surface area contributed by atoms with E-state index in [0.29, 0.717) is 31.9 Å². The molecule has 1 aromatic rings. The molecule has 0 saturated heterocycles. The number of anilines is 1. The minimum Gasteiger partial charge on any atom is -0.478 e. The molecule has 0 spiro atoms. The molecule has 0 radical (unpaired) electrons. The fourth-order valence-electron chi connectivity index (χ4n) is 2.18. The SMILES string of the molecule is CCOCCCNc1ccc(S(=O)(=O)NC(C)COC)cc1C(=O)O. The quantitative estimate of drug-likeness (QED) is 0.475. The maximum Gasteiger partial charge on any atom is 0.337 e. The monoisotopic (exact) mass is 374 g/mol. The van der Waals surface area contributed by atoms with E-state index in [4.69, 9.17) is 9.47 Å². The summed E-state index contributed by atoms with van der Waals surface area (Å²) < 4.78 is 37.2. The van der Waals surface area contributed by atoms with Crippen molar-refractivity contribution in [2.24, 2.45) is 0 Å². The van der Waals surface area contributed by atoms with Gasteiger partial charge in [0.05, 0.1) is 17.1 Å². The van der Waals surface area contributed by atoms with Gasteiger partial charge in [-0.2, -0.15) is 0 Å². The molecule has 0 bridgehead atoms. The molecular weight excluding hydrogens is 348 g/mol. The van der Waals surface area contributed by atoms with Gasteiger partial charge in [-0.25, -0.2) is 17.9 Å². The van der Waals surface area contributed by atoms with E-state index in [0.717, 1.165) is 6.07 Å². The smallest absolute Gasteiger partial charge is 0.337 e. The van der Waals surface area contributed by atoms with Crippen molar-refractivity contribution in [2.45, 2.75) is 31.2 Å². The van der Waals surface area contributed by atoms with Gasteiger partial charge in [-0.05, 0) is 38.5 Å². The predicted molar refractivity (Wildman–Crippen MR) is 94.7 cm³/mol. The van der Waals surface area contributed by atoms with Gasteiger partial charge in [0.15, 0.2) is 0 Å². The molecule has 1 rings (SSSR count). The molecule has 0 aliphatic carbocycles. The number of sulfonamides is 1. The molecule has 3 N–H and O–H groups in total. The highest BCUT2D eigenvalue weighted by molar-refractivity contribution is 7.89. The number of aromatic carboxylic acids is 1. The van der Waals surface area contributed by atoms with E-state index >= 15 is 0 Å². The predicted octanol–water partition coefficient (Wildman–Crippen LogP) is 1.54. The summed E-state index contributed by atoms with van der Waals surface area (Å²) in [5.74, 6) is -1.20. The van der Waals surface area contributed by atoms with E-state index in [2.05, 4.69) is 10.0 Å². The fourth-order valence-corrected chi connectivity index (χ4v) is 3.43. The van der Waals surface area contributed by atoms with Crippen LogP contribution in [0.3, 0.4) is 0 Å². The minimum atomic E-state index is -3.83. The van der Waals surface area contributed by atoms with Gasteiger partial charge >= 0.3 is 5.97 Å². The van der Waals surface area contributed by atoms with Crippen molar-refractivity contribution in [3.05, 3.63) is 23.8 Å². The lowest BCUT2D eigenvalue weighted by atomic mass is 10.2. The van der Waals surface area contributed by atoms with Crippen LogP contribution in [0.1, 0.15) is 30.6 Å². The molecule has 1 atom stereocenters. The van der Waals surface area contributed by atoms with Gasteiger partial charge in [-0.3, -0.25) is 0 Å². The van der Waals surface area contributed by atoms with E-state index in [9.17, 15) is 18.3 Å². The average molecular weight is 374 g/mol. The van der Waals surface area contributed by atoms with Gasteiger partial charge in [0.2, 0.25) is 10.0 Å². The summed E-state index contributed by atoms with van der Waals surface area (Å²) in [7, 11) is -2.36. The zero-order chi connectivity index (χ0) is 18.9. The van der Waals surface area contributed by atoms with E-state index in [1.807, 2.05) is 6.92 Å². The fraction of sp³-hybridized carbons (Fsp3) is 0.562. The Labute approximate surface area is 148 Å². The number of methoxy groups -OCH3 is 1. The second kappa shape index (κ2) is 10.3. The Morgan fingerprint density at radius 2 is 2.08 bits per heavy atom. The van der Waals surface area contributed by atoms with Crippen molar-refractivity contribution < 1.29 is 27.8 Å². The summed E-state index contributed by atoms with van der Waals surface area (Å²) in [4.78, 5) is 11.4. The third kappa shape index (κ3) is 6.99. The molecule has 1 unspecified atom stereocenters. The summed E-state index contributed by atoms with van der Waals surface area (Å²) in [5.41, 5.74) is 0.270. The van der Waals surface area contributed by atoms with Crippen molar-refractivity contribution >= 4 is 21.7 Å². The Morgan fingerprint density at radius 3 is 2.68 bits per heavy atom. The molecule has 0 aliphatic heterocycles. The minimum absolute atomic E-state index is 0.0984. The number of hydrogen-bond acceptors (Lipinski definition) is 6. The zero-order valence-corrected chi connectivity index (χ0v) is 15.6. The van der Waals surface area contributed by atoms with Crippen LogP contribution in [0, 0.1) is 0 Å². The van der Waals surface area contributed by atoms with Crippen molar-refractivity contribution in [3.63, 3.8) is 0 Å². The van der Waals surface area contributed by atoms with Gasteiger partial charge in [-0.15, -0.1) is 0 Å². The molecule has 0 heterocycles. The van der Waals surface area contributed by atoms with Gasteiger partial charge in [0, 0.05) is 38.6 Å². The van der Waals surface area contributed by atoms with Crippen LogP contribution in [0.25, 0.3) is 0 Å². The standard InChI is InChI=1S/C16H26N2O6S/c1-4-24-9-5-8-17-15-7-6-13(10-14(15)16(19)20)25(21,22)18-12(2)11-23-3/h6-7,10,12,17-18H,4-5,8-9,11H2,1-3H3,(H,19,20). The number of carbonyl (C=O) groups is 1. The topological polar surface area (TPSA) is 114 Å². The summed E-state index contributed by atoms with van der Waals surface area (Å²) in [5, 5.41) is 12.4. The van der Waals surface area contributed by atoms with Gasteiger partial charge in [0.1, 0.15) is 0 Å². The first kappa shape index (κ1) is 21.4. The number of hydrogen-bond donors (Lipinski definition) is 3. The van der Waals surface area contributed by atoms with Crippen LogP contribution in [-0.4, -0.2) is 59.0 Å². The number of nitrogens with one attached hydrogen (secondary N) is 2. The van der Waals surface area contributed by atoms with Crippen LogP contribution in [0.4, 0.5) is 5.69 Å². The number of carboxylic acid groups (broad SMARTS) is 1. The number of ether oxygens (including phenoxy) is 2. The normalized spacial score (nSPS) is 12.8. The summed E-state index contributed by atoms with van der Waals surface area (Å²) in [6, 6.07) is 3.55. The third-order valence-electron chi connectivity index (χ3n) is 3.29. The highest BCUT2D eigenvalue weighted by Gasteiger charge is 2.20. The van der Waals surface area contributed by atoms with Crippen molar-refractivity contribution in [1.82, 2.24) is 4.72 Å². The van der Waals surface area contributed by atoms with Crippen LogP contribution < -0.4 is 10.0 Å². The number of rotatable bonds is 12. The Kier molecular flexibility index (Phi) is 8.84. The maximum atomic E-state index is 12.3. The van der Waals surface area contributed by atoms with E-state index < -0.39 is 22.0 Å². The van der Waals surface area contributed by atoms with Crippen LogP contribution in [0.5, 0.6) is 0 Å². The van der Waals surface area contributed by atoms with Crippen molar-refractivity contribution in [3.8, 4) is 0 Å². The Balaban J connectivity index is 2.91. The number of carboxylic acids is 1. The van der Waals surface area contributed by atoms with E-state index in [1.54, 1.807) is 6.92 Å². The maximum absolute atomic E-state index is 12.3. The van der Waals surface area contributed by atoms with Gasteiger partial charge < -0.3 is 19.9 Å². The first-order valence-corrected chi connectivity index (χ1v) is 9.50. The van der Waals surface area contributed by atoms with Crippen LogP contribution in [0.2, 0.25) is 0 Å². The van der Waals surface area contributed by atoms with Gasteiger partial charge in [-0.1, -0.05) is 0 Å². The first-order chi connectivity index (χ1) is 11.8. The second-order valence-electron chi connectivity index (χ2n) is 5.47. The molecule has 0 saturated carbocycles. The van der Waals surface area contributed by atoms with Crippen molar-refractivity contribution in [2.75, 3.05) is 38.8 Å². The van der Waals surface area contributed by atoms with Crippen LogP contribution in [-0.2, 0) is 19.5 Å². The Bertz CT molecular complexity index is 663. The van der Waals surface area contributed by atoms with Crippen LogP contribution >= 0.6 is 0 Å². The molecular formula is C16H26N2O6S. The Hall–Kier alpha value is -1.68. The molecule has 8 nitrogen and oxygen atoms in total. The molecule has 0 amide bonds. The van der Waals surface area contributed by atoms with Gasteiger partial charge in [0.25, 0.3) is 0 Å². The molecule has 1 aromatic carbocycles. The van der Waals surface area contributed by atoms with Crippen molar-refractivity contribution in [1.29, 1.82) is 0 Å². The van der Waals surface area contributed by atoms with Crippen LogP contribution in [0.15, 0.2) is 23.1 Å². The summed E-state index contributed by atoms with van der Waals surface area (Å²) in [6.45, 7) is 5.49. The largest absolute Gasteiger partial charge is 0.478 e. The zero-order valence-electron chi connectivity index (χ0n) is 14.7. The molecule has 25 heavy (non-hydrogen) atoms. The molecule has 142 valence electrons. The van der Waals surface area contributed by atoms with E-state index in [-0.39, 0.29) is 17.1 Å². The highest BCUT2D eigenvalue weighted by atomic mass is 32.2. The molecule has 0 aromatic heterocycles. The second-order valence-corrected chi connectivity index (χ2v) is 7.18. The Morgan fingerprint density at radius 1 is 1.36 bits per heavy atom.